The van der Waals surface area contributed by atoms with E-state index in [1.54, 1.807) is 6.08 Å². The second-order valence-electron chi connectivity index (χ2n) is 7.79. The average Bonchev–Trinajstić information content (AvgIpc) is 2.79. The third-order valence-electron chi connectivity index (χ3n) is 6.91. The first-order valence-electron chi connectivity index (χ1n) is 8.81. The fourth-order valence-corrected chi connectivity index (χ4v) is 5.66. The molecule has 0 aliphatic heterocycles. The van der Waals surface area contributed by atoms with Crippen LogP contribution >= 0.6 is 0 Å². The molecule has 3 unspecified atom stereocenters. The molecule has 0 bridgehead atoms. The molecule has 0 aromatic rings. The maximum absolute atomic E-state index is 11.6. The number of hydrogen-bond donors (Lipinski definition) is 1. The SMILES string of the molecule is CC#C[C@]1(O)CCC2C3CCC4=CC(=O)C=CC4=C3CCC21C. The summed E-state index contributed by atoms with van der Waals surface area (Å²) in [6.07, 6.45) is 11.5. The quantitative estimate of drug-likeness (QED) is 0.692. The van der Waals surface area contributed by atoms with Gasteiger partial charge >= 0.3 is 0 Å². The minimum absolute atomic E-state index is 0.0971. The molecule has 0 heterocycles. The Balaban J connectivity index is 1.75. The van der Waals surface area contributed by atoms with Gasteiger partial charge in [0.2, 0.25) is 0 Å². The predicted octanol–water partition coefficient (Wildman–Crippen LogP) is 3.72. The van der Waals surface area contributed by atoms with Crippen molar-refractivity contribution < 1.29 is 9.90 Å². The summed E-state index contributed by atoms with van der Waals surface area (Å²) < 4.78 is 0. The summed E-state index contributed by atoms with van der Waals surface area (Å²) in [4.78, 5) is 11.6. The number of carbonyl (C=O) groups excluding carboxylic acids is 1. The normalized spacial score (nSPS) is 41.5. The van der Waals surface area contributed by atoms with Crippen LogP contribution in [-0.4, -0.2) is 16.5 Å². The van der Waals surface area contributed by atoms with Gasteiger partial charge in [-0.1, -0.05) is 24.5 Å². The van der Waals surface area contributed by atoms with E-state index >= 15 is 0 Å². The van der Waals surface area contributed by atoms with E-state index in [9.17, 15) is 9.90 Å². The molecule has 1 N–H and O–H groups in total. The summed E-state index contributed by atoms with van der Waals surface area (Å²) in [5.74, 6) is 7.28. The lowest BCUT2D eigenvalue weighted by molar-refractivity contribution is -0.110. The van der Waals surface area contributed by atoms with E-state index in [0.29, 0.717) is 11.8 Å². The molecule has 0 aromatic carbocycles. The maximum Gasteiger partial charge on any atom is 0.178 e. The van der Waals surface area contributed by atoms with Gasteiger partial charge in [0.25, 0.3) is 0 Å². The smallest absolute Gasteiger partial charge is 0.178 e. The van der Waals surface area contributed by atoms with E-state index in [2.05, 4.69) is 18.8 Å². The monoisotopic (exact) mass is 308 g/mol. The van der Waals surface area contributed by atoms with Gasteiger partial charge in [-0.2, -0.15) is 0 Å². The lowest BCUT2D eigenvalue weighted by Gasteiger charge is -2.50. The number of rotatable bonds is 0. The van der Waals surface area contributed by atoms with Crippen LogP contribution < -0.4 is 0 Å². The van der Waals surface area contributed by atoms with Gasteiger partial charge in [0.05, 0.1) is 0 Å². The van der Waals surface area contributed by atoms with Crippen LogP contribution in [0.15, 0.2) is 34.9 Å². The lowest BCUT2D eigenvalue weighted by Crippen LogP contribution is -2.49. The Bertz CT molecular complexity index is 727. The lowest BCUT2D eigenvalue weighted by atomic mass is 9.55. The van der Waals surface area contributed by atoms with Crippen LogP contribution in [0.4, 0.5) is 0 Å². The Morgan fingerprint density at radius 2 is 2.04 bits per heavy atom. The van der Waals surface area contributed by atoms with Crippen LogP contribution in [0.3, 0.4) is 0 Å². The first kappa shape index (κ1) is 15.0. The van der Waals surface area contributed by atoms with Gasteiger partial charge in [-0.25, -0.2) is 0 Å². The van der Waals surface area contributed by atoms with E-state index in [1.165, 1.54) is 16.7 Å². The Morgan fingerprint density at radius 1 is 1.22 bits per heavy atom. The molecule has 0 spiro atoms. The minimum atomic E-state index is -0.822. The van der Waals surface area contributed by atoms with E-state index < -0.39 is 5.60 Å². The summed E-state index contributed by atoms with van der Waals surface area (Å²) in [5, 5.41) is 11.1. The largest absolute Gasteiger partial charge is 0.377 e. The first-order chi connectivity index (χ1) is 11.0. The molecule has 23 heavy (non-hydrogen) atoms. The Morgan fingerprint density at radius 3 is 2.83 bits per heavy atom. The van der Waals surface area contributed by atoms with E-state index in [1.807, 2.05) is 19.1 Å². The summed E-state index contributed by atoms with van der Waals surface area (Å²) in [6, 6.07) is 0. The molecule has 0 amide bonds. The molecule has 4 rings (SSSR count). The van der Waals surface area contributed by atoms with Crippen molar-refractivity contribution in [1.82, 2.24) is 0 Å². The Labute approximate surface area is 138 Å². The second kappa shape index (κ2) is 4.95. The zero-order chi connectivity index (χ0) is 16.2. The van der Waals surface area contributed by atoms with Crippen LogP contribution in [0.25, 0.3) is 0 Å². The first-order valence-corrected chi connectivity index (χ1v) is 8.81. The summed E-state index contributed by atoms with van der Waals surface area (Å²) in [7, 11) is 0. The van der Waals surface area contributed by atoms with Gasteiger partial charge in [0.1, 0.15) is 5.60 Å². The fourth-order valence-electron chi connectivity index (χ4n) is 5.66. The molecule has 4 aliphatic rings. The van der Waals surface area contributed by atoms with Crippen molar-refractivity contribution in [2.24, 2.45) is 17.3 Å². The molecular formula is C21H24O2. The zero-order valence-electron chi connectivity index (χ0n) is 14.0. The van der Waals surface area contributed by atoms with Crippen molar-refractivity contribution in [2.75, 3.05) is 0 Å². The Kier molecular flexibility index (Phi) is 3.22. The molecule has 2 heteroatoms. The zero-order valence-corrected chi connectivity index (χ0v) is 14.0. The van der Waals surface area contributed by atoms with Gasteiger partial charge in [-0.05, 0) is 80.6 Å². The van der Waals surface area contributed by atoms with Crippen molar-refractivity contribution in [3.05, 3.63) is 34.9 Å². The minimum Gasteiger partial charge on any atom is -0.377 e. The molecule has 4 atom stereocenters. The van der Waals surface area contributed by atoms with Crippen molar-refractivity contribution in [3.63, 3.8) is 0 Å². The van der Waals surface area contributed by atoms with Crippen molar-refractivity contribution in [2.45, 2.75) is 58.0 Å². The number of allylic oxidation sites excluding steroid dienone is 6. The molecule has 120 valence electrons. The topological polar surface area (TPSA) is 37.3 Å². The summed E-state index contributed by atoms with van der Waals surface area (Å²) in [5.41, 5.74) is 3.16. The standard InChI is InChI=1S/C21H24O2/c1-3-10-21(23)12-9-19-18-6-4-14-13-15(22)5-7-16(14)17(18)8-11-20(19,21)2/h5,7,13,18-19,23H,4,6,8-9,11-12H2,1-2H3/t18?,19?,20?,21-/m0/s1. The average molecular weight is 308 g/mol. The van der Waals surface area contributed by atoms with Crippen LogP contribution in [0, 0.1) is 29.1 Å². The van der Waals surface area contributed by atoms with E-state index in [-0.39, 0.29) is 11.2 Å². The number of hydrogen-bond acceptors (Lipinski definition) is 2. The number of carbonyl (C=O) groups is 1. The predicted molar refractivity (Wildman–Crippen MR) is 90.4 cm³/mol. The number of aliphatic hydroxyl groups is 1. The van der Waals surface area contributed by atoms with Gasteiger partial charge in [-0.15, -0.1) is 5.92 Å². The highest BCUT2D eigenvalue weighted by atomic mass is 16.3. The van der Waals surface area contributed by atoms with E-state index in [4.69, 9.17) is 0 Å². The number of fused-ring (bicyclic) bond motifs is 4. The fraction of sp³-hybridized carbons (Fsp3) is 0.571. The highest BCUT2D eigenvalue weighted by Gasteiger charge is 2.60. The van der Waals surface area contributed by atoms with Gasteiger partial charge in [-0.3, -0.25) is 4.79 Å². The molecular weight excluding hydrogens is 284 g/mol. The third-order valence-corrected chi connectivity index (χ3v) is 6.91. The van der Waals surface area contributed by atoms with Gasteiger partial charge in [0, 0.05) is 5.41 Å². The number of ketones is 1. The Hall–Kier alpha value is -1.59. The van der Waals surface area contributed by atoms with Crippen LogP contribution in [0.1, 0.15) is 52.4 Å². The summed E-state index contributed by atoms with van der Waals surface area (Å²) in [6.45, 7) is 4.08. The highest BCUT2D eigenvalue weighted by molar-refractivity contribution is 6.02. The van der Waals surface area contributed by atoms with Crippen molar-refractivity contribution >= 4 is 5.78 Å². The highest BCUT2D eigenvalue weighted by Crippen LogP contribution is 2.63. The van der Waals surface area contributed by atoms with Gasteiger partial charge < -0.3 is 5.11 Å². The van der Waals surface area contributed by atoms with Crippen molar-refractivity contribution in [1.29, 1.82) is 0 Å². The third kappa shape index (κ3) is 1.96. The molecule has 0 aromatic heterocycles. The molecule has 4 aliphatic carbocycles. The van der Waals surface area contributed by atoms with Crippen molar-refractivity contribution in [3.8, 4) is 11.8 Å². The van der Waals surface area contributed by atoms with Gasteiger partial charge in [0.15, 0.2) is 5.78 Å². The summed E-state index contributed by atoms with van der Waals surface area (Å²) >= 11 is 0. The molecule has 2 fully saturated rings. The van der Waals surface area contributed by atoms with Crippen LogP contribution in [0.2, 0.25) is 0 Å². The molecule has 2 nitrogen and oxygen atoms in total. The second-order valence-corrected chi connectivity index (χ2v) is 7.79. The van der Waals surface area contributed by atoms with E-state index in [0.717, 1.165) is 38.5 Å². The molecule has 2 saturated carbocycles. The molecule has 0 saturated heterocycles. The molecule has 0 radical (unpaired) electrons. The maximum atomic E-state index is 11.6. The van der Waals surface area contributed by atoms with Crippen LogP contribution in [-0.2, 0) is 4.79 Å². The van der Waals surface area contributed by atoms with Crippen LogP contribution in [0.5, 0.6) is 0 Å².